The van der Waals surface area contributed by atoms with E-state index in [-0.39, 0.29) is 0 Å². The normalized spacial score (nSPS) is 17.2. The molecule has 0 amide bonds. The van der Waals surface area contributed by atoms with Crippen molar-refractivity contribution in [1.29, 1.82) is 0 Å². The fourth-order valence-corrected chi connectivity index (χ4v) is 2.91. The molecular formula is C13H15BrO2. The van der Waals surface area contributed by atoms with E-state index in [0.29, 0.717) is 0 Å². The average molecular weight is 283 g/mol. The largest absolute Gasteiger partial charge is 0.481 e. The maximum atomic E-state index is 11.4. The summed E-state index contributed by atoms with van der Waals surface area (Å²) in [5.41, 5.74) is 3.75. The van der Waals surface area contributed by atoms with Crippen molar-refractivity contribution in [3.63, 3.8) is 0 Å². The zero-order valence-corrected chi connectivity index (χ0v) is 11.3. The van der Waals surface area contributed by atoms with Crippen molar-refractivity contribution < 1.29 is 9.90 Å². The highest BCUT2D eigenvalue weighted by molar-refractivity contribution is 9.10. The van der Waals surface area contributed by atoms with Crippen LogP contribution in [0.1, 0.15) is 35.1 Å². The fourth-order valence-electron chi connectivity index (χ4n) is 2.59. The molecular weight excluding hydrogens is 268 g/mol. The van der Waals surface area contributed by atoms with Gasteiger partial charge < -0.3 is 5.11 Å². The third kappa shape index (κ3) is 1.49. The first-order valence-electron chi connectivity index (χ1n) is 5.40. The molecule has 1 N–H and O–H groups in total. The molecule has 0 heterocycles. The Morgan fingerprint density at radius 3 is 2.31 bits per heavy atom. The lowest BCUT2D eigenvalue weighted by Crippen LogP contribution is -2.22. The molecule has 2 rings (SSSR count). The Morgan fingerprint density at radius 2 is 1.88 bits per heavy atom. The van der Waals surface area contributed by atoms with E-state index in [4.69, 9.17) is 0 Å². The minimum atomic E-state index is -0.686. The van der Waals surface area contributed by atoms with Crippen molar-refractivity contribution in [3.05, 3.63) is 32.8 Å². The molecule has 0 saturated heterocycles. The number of halogens is 1. The SMILES string of the molecule is Cc1cc(C)c(C2(C(=O)O)CC2)c(C)c1Br. The van der Waals surface area contributed by atoms with Gasteiger partial charge in [-0.25, -0.2) is 0 Å². The van der Waals surface area contributed by atoms with E-state index < -0.39 is 11.4 Å². The van der Waals surface area contributed by atoms with Crippen LogP contribution < -0.4 is 0 Å². The number of rotatable bonds is 2. The summed E-state index contributed by atoms with van der Waals surface area (Å²) < 4.78 is 1.04. The van der Waals surface area contributed by atoms with Gasteiger partial charge in [0.05, 0.1) is 5.41 Å². The van der Waals surface area contributed by atoms with Gasteiger partial charge in [-0.2, -0.15) is 0 Å². The van der Waals surface area contributed by atoms with Gasteiger partial charge in [-0.05, 0) is 55.9 Å². The van der Waals surface area contributed by atoms with Crippen LogP contribution in [-0.2, 0) is 10.2 Å². The van der Waals surface area contributed by atoms with Gasteiger partial charge in [-0.3, -0.25) is 4.79 Å². The van der Waals surface area contributed by atoms with E-state index in [0.717, 1.165) is 34.0 Å². The first-order valence-corrected chi connectivity index (χ1v) is 6.19. The van der Waals surface area contributed by atoms with Crippen LogP contribution >= 0.6 is 15.9 Å². The molecule has 16 heavy (non-hydrogen) atoms. The molecule has 1 aromatic rings. The molecule has 1 aliphatic carbocycles. The van der Waals surface area contributed by atoms with Crippen molar-refractivity contribution in [2.75, 3.05) is 0 Å². The third-order valence-corrected chi connectivity index (χ3v) is 4.74. The number of hydrogen-bond donors (Lipinski definition) is 1. The lowest BCUT2D eigenvalue weighted by atomic mass is 9.87. The number of aryl methyl sites for hydroxylation is 2. The molecule has 1 saturated carbocycles. The van der Waals surface area contributed by atoms with Crippen molar-refractivity contribution >= 4 is 21.9 Å². The molecule has 1 fully saturated rings. The summed E-state index contributed by atoms with van der Waals surface area (Å²) in [4.78, 5) is 11.4. The second-order valence-electron chi connectivity index (χ2n) is 4.71. The molecule has 0 aliphatic heterocycles. The highest BCUT2D eigenvalue weighted by Crippen LogP contribution is 2.51. The van der Waals surface area contributed by atoms with Crippen LogP contribution in [0.3, 0.4) is 0 Å². The van der Waals surface area contributed by atoms with Crippen molar-refractivity contribution in [1.82, 2.24) is 0 Å². The van der Waals surface area contributed by atoms with Crippen LogP contribution in [0.4, 0.5) is 0 Å². The number of aliphatic carboxylic acids is 1. The van der Waals surface area contributed by atoms with Gasteiger partial charge in [-0.15, -0.1) is 0 Å². The molecule has 0 bridgehead atoms. The Labute approximate surface area is 104 Å². The Balaban J connectivity index is 2.67. The average Bonchev–Trinajstić information content (AvgIpc) is 2.96. The summed E-state index contributed by atoms with van der Waals surface area (Å²) in [5, 5.41) is 9.35. The minimum absolute atomic E-state index is 0.607. The predicted molar refractivity (Wildman–Crippen MR) is 66.9 cm³/mol. The summed E-state index contributed by atoms with van der Waals surface area (Å²) in [6.07, 6.45) is 1.53. The minimum Gasteiger partial charge on any atom is -0.481 e. The van der Waals surface area contributed by atoms with Crippen LogP contribution in [0.15, 0.2) is 10.5 Å². The topological polar surface area (TPSA) is 37.3 Å². The number of hydrogen-bond acceptors (Lipinski definition) is 1. The molecule has 0 aromatic heterocycles. The summed E-state index contributed by atoms with van der Waals surface area (Å²) >= 11 is 3.54. The maximum Gasteiger partial charge on any atom is 0.314 e. The second kappa shape index (κ2) is 3.59. The van der Waals surface area contributed by atoms with Gasteiger partial charge in [0, 0.05) is 4.47 Å². The Kier molecular flexibility index (Phi) is 2.61. The van der Waals surface area contributed by atoms with Crippen LogP contribution in [0.5, 0.6) is 0 Å². The van der Waals surface area contributed by atoms with Crippen LogP contribution in [0, 0.1) is 20.8 Å². The first kappa shape index (κ1) is 11.6. The van der Waals surface area contributed by atoms with Gasteiger partial charge in [-0.1, -0.05) is 22.0 Å². The van der Waals surface area contributed by atoms with Gasteiger partial charge >= 0.3 is 5.97 Å². The van der Waals surface area contributed by atoms with Crippen LogP contribution in [0.2, 0.25) is 0 Å². The molecule has 1 aliphatic rings. The van der Waals surface area contributed by atoms with E-state index in [9.17, 15) is 9.90 Å². The molecule has 0 atom stereocenters. The summed E-state index contributed by atoms with van der Waals surface area (Å²) in [6, 6.07) is 2.06. The van der Waals surface area contributed by atoms with Gasteiger partial charge in [0.2, 0.25) is 0 Å². The number of carboxylic acids is 1. The van der Waals surface area contributed by atoms with Gasteiger partial charge in [0.1, 0.15) is 0 Å². The standard InChI is InChI=1S/C13H15BrO2/c1-7-6-8(2)11(14)9(3)10(7)13(4-5-13)12(15)16/h6H,4-5H2,1-3H3,(H,15,16). The molecule has 2 nitrogen and oxygen atoms in total. The quantitative estimate of drug-likeness (QED) is 0.902. The summed E-state index contributed by atoms with van der Waals surface area (Å²) in [7, 11) is 0. The van der Waals surface area contributed by atoms with Crippen LogP contribution in [0.25, 0.3) is 0 Å². The van der Waals surface area contributed by atoms with Crippen LogP contribution in [-0.4, -0.2) is 11.1 Å². The lowest BCUT2D eigenvalue weighted by Gasteiger charge is -2.19. The second-order valence-corrected chi connectivity index (χ2v) is 5.50. The van der Waals surface area contributed by atoms with Gasteiger partial charge in [0.25, 0.3) is 0 Å². The number of carbonyl (C=O) groups is 1. The zero-order valence-electron chi connectivity index (χ0n) is 9.72. The molecule has 1 aromatic carbocycles. The van der Waals surface area contributed by atoms with Gasteiger partial charge in [0.15, 0.2) is 0 Å². The Bertz CT molecular complexity index is 473. The molecule has 0 radical (unpaired) electrons. The van der Waals surface area contributed by atoms with Crippen molar-refractivity contribution in [2.24, 2.45) is 0 Å². The van der Waals surface area contributed by atoms with E-state index >= 15 is 0 Å². The molecule has 0 unspecified atom stereocenters. The highest BCUT2D eigenvalue weighted by Gasteiger charge is 2.53. The number of carboxylic acid groups (broad SMARTS) is 1. The Morgan fingerprint density at radius 1 is 1.31 bits per heavy atom. The monoisotopic (exact) mass is 282 g/mol. The van der Waals surface area contributed by atoms with E-state index in [1.165, 1.54) is 5.56 Å². The van der Waals surface area contributed by atoms with E-state index in [2.05, 4.69) is 22.0 Å². The van der Waals surface area contributed by atoms with E-state index in [1.54, 1.807) is 0 Å². The van der Waals surface area contributed by atoms with Crippen molar-refractivity contribution in [2.45, 2.75) is 39.0 Å². The fraction of sp³-hybridized carbons (Fsp3) is 0.462. The molecule has 0 spiro atoms. The highest BCUT2D eigenvalue weighted by atomic mass is 79.9. The third-order valence-electron chi connectivity index (χ3n) is 3.52. The summed E-state index contributed by atoms with van der Waals surface area (Å²) in [6.45, 7) is 6.04. The van der Waals surface area contributed by atoms with E-state index in [1.807, 2.05) is 20.8 Å². The summed E-state index contributed by atoms with van der Waals surface area (Å²) in [5.74, 6) is -0.686. The Hall–Kier alpha value is -0.830. The molecule has 3 heteroatoms. The zero-order chi connectivity index (χ0) is 12.1. The smallest absolute Gasteiger partial charge is 0.314 e. The predicted octanol–water partition coefficient (Wildman–Crippen LogP) is 3.49. The lowest BCUT2D eigenvalue weighted by molar-refractivity contribution is -0.140. The number of benzene rings is 1. The maximum absolute atomic E-state index is 11.4. The molecule has 86 valence electrons. The first-order chi connectivity index (χ1) is 7.40. The van der Waals surface area contributed by atoms with Crippen molar-refractivity contribution in [3.8, 4) is 0 Å².